The molecule has 0 saturated heterocycles. The molecular weight excluding hydrogens is 526 g/mol. The van der Waals surface area contributed by atoms with Crippen LogP contribution in [-0.4, -0.2) is 49.7 Å². The standard InChI is InChI=1S/C25H25ClF2N4O6/c1-25(27,28)38-19-6-4-5-18(11-19)37-23-29-21-20(31(23)12-15-7-9-16(26)10-8-15)22(34)32(24(35)30(21)2)13-17(33)14-36-3/h4-11,17,33H,12-14H2,1-3H3. The largest absolute Gasteiger partial charge is 0.433 e. The van der Waals surface area contributed by atoms with Crippen molar-refractivity contribution in [1.82, 2.24) is 18.7 Å². The van der Waals surface area contributed by atoms with Crippen molar-refractivity contribution in [2.24, 2.45) is 7.05 Å². The summed E-state index contributed by atoms with van der Waals surface area (Å²) < 4.78 is 45.7. The van der Waals surface area contributed by atoms with Crippen LogP contribution in [-0.2, 0) is 24.9 Å². The summed E-state index contributed by atoms with van der Waals surface area (Å²) in [5.41, 5.74) is -0.582. The molecule has 13 heteroatoms. The lowest BCUT2D eigenvalue weighted by molar-refractivity contribution is -0.159. The Kier molecular flexibility index (Phi) is 7.86. The highest BCUT2D eigenvalue weighted by Crippen LogP contribution is 2.29. The Labute approximate surface area is 220 Å². The van der Waals surface area contributed by atoms with E-state index in [1.165, 1.54) is 47.6 Å². The fourth-order valence-electron chi connectivity index (χ4n) is 3.88. The molecule has 38 heavy (non-hydrogen) atoms. The van der Waals surface area contributed by atoms with Gasteiger partial charge in [0.05, 0.1) is 25.8 Å². The quantitative estimate of drug-likeness (QED) is 0.322. The number of alkyl halides is 2. The minimum Gasteiger partial charge on any atom is -0.433 e. The molecule has 2 aromatic carbocycles. The third kappa shape index (κ3) is 6.04. The first-order valence-electron chi connectivity index (χ1n) is 11.4. The summed E-state index contributed by atoms with van der Waals surface area (Å²) in [6, 6.07) is 12.3. The molecule has 1 N–H and O–H groups in total. The molecule has 0 spiro atoms. The average Bonchev–Trinajstić information content (AvgIpc) is 3.19. The van der Waals surface area contributed by atoms with Gasteiger partial charge in [-0.15, -0.1) is 0 Å². The van der Waals surface area contributed by atoms with Crippen molar-refractivity contribution >= 4 is 22.8 Å². The van der Waals surface area contributed by atoms with Crippen LogP contribution >= 0.6 is 11.6 Å². The SMILES string of the molecule is COCC(O)Cn1c(=O)c2c(nc(Oc3cccc(OC(C)(F)F)c3)n2Cc2ccc(Cl)cc2)n(C)c1=O. The Hall–Kier alpha value is -3.74. The molecule has 10 nitrogen and oxygen atoms in total. The zero-order valence-corrected chi connectivity index (χ0v) is 21.5. The molecular formula is C25H25ClF2N4O6. The number of benzene rings is 2. The maximum Gasteiger partial charge on any atom is 0.394 e. The van der Waals surface area contributed by atoms with E-state index in [4.69, 9.17) is 21.1 Å². The maximum absolute atomic E-state index is 13.5. The van der Waals surface area contributed by atoms with Gasteiger partial charge in [0.2, 0.25) is 0 Å². The van der Waals surface area contributed by atoms with Gasteiger partial charge in [0.15, 0.2) is 11.2 Å². The van der Waals surface area contributed by atoms with Crippen molar-refractivity contribution in [3.8, 4) is 17.5 Å². The van der Waals surface area contributed by atoms with Crippen LogP contribution in [0.15, 0.2) is 58.1 Å². The van der Waals surface area contributed by atoms with Crippen LogP contribution in [0.3, 0.4) is 0 Å². The average molecular weight is 551 g/mol. The van der Waals surface area contributed by atoms with E-state index in [1.54, 1.807) is 24.3 Å². The van der Waals surface area contributed by atoms with Crippen LogP contribution in [0.5, 0.6) is 17.5 Å². The molecule has 4 aromatic rings. The van der Waals surface area contributed by atoms with Gasteiger partial charge in [-0.25, -0.2) is 4.79 Å². The number of hydrogen-bond acceptors (Lipinski definition) is 7. The molecule has 0 aliphatic carbocycles. The van der Waals surface area contributed by atoms with Gasteiger partial charge >= 0.3 is 17.8 Å². The number of aromatic nitrogens is 4. The fourth-order valence-corrected chi connectivity index (χ4v) is 4.00. The number of aliphatic hydroxyl groups is 1. The third-order valence-corrected chi connectivity index (χ3v) is 5.77. The number of hydrogen-bond donors (Lipinski definition) is 1. The highest BCUT2D eigenvalue weighted by molar-refractivity contribution is 6.30. The van der Waals surface area contributed by atoms with E-state index in [-0.39, 0.29) is 48.4 Å². The minimum atomic E-state index is -3.41. The second kappa shape index (κ2) is 10.9. The zero-order chi connectivity index (χ0) is 27.6. The second-order valence-corrected chi connectivity index (χ2v) is 9.07. The molecule has 4 rings (SSSR count). The van der Waals surface area contributed by atoms with Crippen molar-refractivity contribution in [2.45, 2.75) is 32.2 Å². The van der Waals surface area contributed by atoms with Crippen molar-refractivity contribution in [1.29, 1.82) is 0 Å². The van der Waals surface area contributed by atoms with Gasteiger partial charge in [-0.1, -0.05) is 29.8 Å². The molecule has 0 radical (unpaired) electrons. The summed E-state index contributed by atoms with van der Waals surface area (Å²) >= 11 is 6.01. The van der Waals surface area contributed by atoms with Crippen LogP contribution in [0.4, 0.5) is 8.78 Å². The Morgan fingerprint density at radius 1 is 1.11 bits per heavy atom. The number of aryl methyl sites for hydroxylation is 1. The van der Waals surface area contributed by atoms with Gasteiger partial charge in [-0.2, -0.15) is 13.8 Å². The first-order valence-corrected chi connectivity index (χ1v) is 11.8. The van der Waals surface area contributed by atoms with Gasteiger partial charge in [0, 0.05) is 32.2 Å². The fraction of sp³-hybridized carbons (Fsp3) is 0.320. The Bertz CT molecular complexity index is 1560. The summed E-state index contributed by atoms with van der Waals surface area (Å²) in [5, 5.41) is 10.7. The molecule has 202 valence electrons. The first-order chi connectivity index (χ1) is 18.0. The van der Waals surface area contributed by atoms with Crippen LogP contribution in [0, 0.1) is 0 Å². The van der Waals surface area contributed by atoms with Crippen LogP contribution < -0.4 is 20.7 Å². The van der Waals surface area contributed by atoms with Crippen molar-refractivity contribution in [3.05, 3.63) is 80.0 Å². The van der Waals surface area contributed by atoms with Crippen molar-refractivity contribution in [3.63, 3.8) is 0 Å². The number of aliphatic hydroxyl groups excluding tert-OH is 1. The Morgan fingerprint density at radius 3 is 2.45 bits per heavy atom. The number of imidazole rings is 1. The summed E-state index contributed by atoms with van der Waals surface area (Å²) in [5.74, 6) is -0.0301. The molecule has 0 fully saturated rings. The number of methoxy groups -OCH3 is 1. The van der Waals surface area contributed by atoms with E-state index in [1.807, 2.05) is 0 Å². The van der Waals surface area contributed by atoms with E-state index in [0.717, 1.165) is 10.1 Å². The molecule has 0 aliphatic rings. The highest BCUT2D eigenvalue weighted by Gasteiger charge is 2.25. The number of ether oxygens (including phenoxy) is 3. The van der Waals surface area contributed by atoms with Gasteiger partial charge in [-0.05, 0) is 29.8 Å². The van der Waals surface area contributed by atoms with E-state index in [0.29, 0.717) is 11.9 Å². The van der Waals surface area contributed by atoms with Crippen LogP contribution in [0.1, 0.15) is 12.5 Å². The number of nitrogens with zero attached hydrogens (tertiary/aromatic N) is 4. The predicted octanol–water partition coefficient (Wildman–Crippen LogP) is 3.39. The summed E-state index contributed by atoms with van der Waals surface area (Å²) in [6.07, 6.45) is -4.51. The van der Waals surface area contributed by atoms with Gasteiger partial charge in [0.1, 0.15) is 11.5 Å². The number of fused-ring (bicyclic) bond motifs is 1. The first kappa shape index (κ1) is 27.3. The second-order valence-electron chi connectivity index (χ2n) is 8.63. The van der Waals surface area contributed by atoms with Crippen LogP contribution in [0.2, 0.25) is 5.02 Å². The molecule has 2 aromatic heterocycles. The van der Waals surface area contributed by atoms with Crippen molar-refractivity contribution in [2.75, 3.05) is 13.7 Å². The smallest absolute Gasteiger partial charge is 0.394 e. The Balaban J connectivity index is 1.87. The molecule has 1 unspecified atom stereocenters. The molecule has 2 heterocycles. The van der Waals surface area contributed by atoms with Crippen molar-refractivity contribution < 1.29 is 28.1 Å². The lowest BCUT2D eigenvalue weighted by Crippen LogP contribution is -2.43. The normalized spacial score (nSPS) is 12.6. The third-order valence-electron chi connectivity index (χ3n) is 5.52. The van der Waals surface area contributed by atoms with Gasteiger partial charge in [-0.3, -0.25) is 18.5 Å². The summed E-state index contributed by atoms with van der Waals surface area (Å²) in [6.45, 7) is 0.324. The predicted molar refractivity (Wildman–Crippen MR) is 135 cm³/mol. The summed E-state index contributed by atoms with van der Waals surface area (Å²) in [4.78, 5) is 30.9. The lowest BCUT2D eigenvalue weighted by atomic mass is 10.2. The topological polar surface area (TPSA) is 110 Å². The van der Waals surface area contributed by atoms with Gasteiger partial charge < -0.3 is 19.3 Å². The Morgan fingerprint density at radius 2 is 1.79 bits per heavy atom. The van der Waals surface area contributed by atoms with Gasteiger partial charge in [0.25, 0.3) is 5.56 Å². The van der Waals surface area contributed by atoms with E-state index < -0.39 is 23.5 Å². The summed E-state index contributed by atoms with van der Waals surface area (Å²) in [7, 11) is 2.82. The number of rotatable bonds is 10. The molecule has 1 atom stereocenters. The minimum absolute atomic E-state index is 0.0361. The molecule has 0 aliphatic heterocycles. The monoisotopic (exact) mass is 550 g/mol. The van der Waals surface area contributed by atoms with E-state index >= 15 is 0 Å². The molecule has 0 bridgehead atoms. The number of halogens is 3. The molecule has 0 saturated carbocycles. The lowest BCUT2D eigenvalue weighted by Gasteiger charge is -2.15. The van der Waals surface area contributed by atoms with E-state index in [9.17, 15) is 23.5 Å². The zero-order valence-electron chi connectivity index (χ0n) is 20.7. The maximum atomic E-state index is 13.5. The molecule has 0 amide bonds. The highest BCUT2D eigenvalue weighted by atomic mass is 35.5. The van der Waals surface area contributed by atoms with E-state index in [2.05, 4.69) is 9.72 Å². The van der Waals surface area contributed by atoms with Crippen LogP contribution in [0.25, 0.3) is 11.2 Å².